The van der Waals surface area contributed by atoms with Gasteiger partial charge in [-0.3, -0.25) is 14.9 Å². The van der Waals surface area contributed by atoms with Crippen LogP contribution in [0.2, 0.25) is 0 Å². The summed E-state index contributed by atoms with van der Waals surface area (Å²) in [5.74, 6) is -0.379. The van der Waals surface area contributed by atoms with E-state index >= 15 is 0 Å². The van der Waals surface area contributed by atoms with E-state index in [2.05, 4.69) is 15.6 Å². The minimum Gasteiger partial charge on any atom is -0.383 e. The quantitative estimate of drug-likeness (QED) is 0.156. The highest BCUT2D eigenvalue weighted by Crippen LogP contribution is 2.24. The Morgan fingerprint density at radius 2 is 1.42 bits per heavy atom. The maximum atomic E-state index is 12.7. The van der Waals surface area contributed by atoms with E-state index in [1.807, 2.05) is 26.0 Å². The zero-order valence-electron chi connectivity index (χ0n) is 22.5. The number of nitrogens with two attached hydrogens (primary N) is 1. The van der Waals surface area contributed by atoms with Crippen molar-refractivity contribution in [1.29, 1.82) is 0 Å². The fraction of sp³-hybridized carbons (Fsp3) is 0.577. The van der Waals surface area contributed by atoms with E-state index in [-0.39, 0.29) is 11.7 Å². The molecule has 0 aliphatic carbocycles. The number of rotatable bonds is 21. The standard InChI is InChI=1S/C26H40N4O7S/c1-19-18-22(4-5-23(19)25(32)30-26-29-24(20(2)31)21(3)38-26)28-7-9-34-11-13-36-15-17-37-16-14-35-12-10-33-8-6-27/h4-5,18,28H,6-17,27H2,1-3H3,(H,29,30,32). The van der Waals surface area contributed by atoms with Crippen molar-refractivity contribution in [1.82, 2.24) is 4.98 Å². The molecule has 0 radical (unpaired) electrons. The molecule has 0 aliphatic heterocycles. The van der Waals surface area contributed by atoms with Crippen LogP contribution in [0.15, 0.2) is 18.2 Å². The number of aromatic nitrogens is 1. The lowest BCUT2D eigenvalue weighted by Gasteiger charge is -2.11. The van der Waals surface area contributed by atoms with Gasteiger partial charge in [0.1, 0.15) is 5.69 Å². The van der Waals surface area contributed by atoms with Crippen LogP contribution < -0.4 is 16.4 Å². The minimum atomic E-state index is -0.260. The number of amides is 1. The first kappa shape index (κ1) is 31.8. The van der Waals surface area contributed by atoms with Gasteiger partial charge in [0, 0.05) is 36.1 Å². The SMILES string of the molecule is CC(=O)c1nc(NC(=O)c2ccc(NCCOCCOCCOCCOCCOCCN)cc2C)sc1C. The molecule has 0 unspecified atom stereocenters. The highest BCUT2D eigenvalue weighted by atomic mass is 32.1. The second-order valence-corrected chi connectivity index (χ2v) is 9.44. The largest absolute Gasteiger partial charge is 0.383 e. The number of hydrogen-bond donors (Lipinski definition) is 3. The molecule has 0 spiro atoms. The first-order valence-electron chi connectivity index (χ1n) is 12.7. The van der Waals surface area contributed by atoms with Crippen molar-refractivity contribution < 1.29 is 33.3 Å². The molecule has 0 saturated heterocycles. The Hall–Kier alpha value is -2.45. The van der Waals surface area contributed by atoms with Crippen molar-refractivity contribution in [2.75, 3.05) is 89.8 Å². The second kappa shape index (κ2) is 18.7. The van der Waals surface area contributed by atoms with Gasteiger partial charge in [0.05, 0.1) is 66.1 Å². The average Bonchev–Trinajstić information content (AvgIpc) is 3.25. The summed E-state index contributed by atoms with van der Waals surface area (Å²) in [6, 6.07) is 5.52. The Bertz CT molecular complexity index is 987. The lowest BCUT2D eigenvalue weighted by atomic mass is 10.1. The Morgan fingerprint density at radius 1 is 0.868 bits per heavy atom. The number of carbonyl (C=O) groups excluding carboxylic acids is 2. The van der Waals surface area contributed by atoms with E-state index in [0.717, 1.165) is 16.1 Å². The predicted octanol–water partition coefficient (Wildman–Crippen LogP) is 2.67. The Morgan fingerprint density at radius 3 is 1.92 bits per heavy atom. The monoisotopic (exact) mass is 552 g/mol. The zero-order valence-corrected chi connectivity index (χ0v) is 23.3. The molecule has 2 rings (SSSR count). The van der Waals surface area contributed by atoms with Crippen LogP contribution in [-0.2, 0) is 23.7 Å². The fourth-order valence-corrected chi connectivity index (χ4v) is 4.16. The number of thiazole rings is 1. The summed E-state index contributed by atoms with van der Waals surface area (Å²) >= 11 is 1.29. The summed E-state index contributed by atoms with van der Waals surface area (Å²) in [4.78, 5) is 29.2. The van der Waals surface area contributed by atoms with Gasteiger partial charge in [0.15, 0.2) is 10.9 Å². The predicted molar refractivity (Wildman–Crippen MR) is 148 cm³/mol. The van der Waals surface area contributed by atoms with Crippen molar-refractivity contribution in [3.8, 4) is 0 Å². The van der Waals surface area contributed by atoms with E-state index in [1.54, 1.807) is 6.07 Å². The van der Waals surface area contributed by atoms with Gasteiger partial charge in [-0.05, 0) is 37.6 Å². The highest BCUT2D eigenvalue weighted by Gasteiger charge is 2.15. The van der Waals surface area contributed by atoms with Gasteiger partial charge in [-0.25, -0.2) is 4.98 Å². The Kier molecular flexibility index (Phi) is 15.7. The Labute approximate surface area is 228 Å². The van der Waals surface area contributed by atoms with Crippen LogP contribution in [-0.4, -0.2) is 95.8 Å². The topological polar surface area (TPSA) is 143 Å². The number of benzene rings is 1. The van der Waals surface area contributed by atoms with Gasteiger partial charge in [0.25, 0.3) is 5.91 Å². The number of anilines is 2. The van der Waals surface area contributed by atoms with Crippen molar-refractivity contribution in [3.63, 3.8) is 0 Å². The second-order valence-electron chi connectivity index (χ2n) is 8.24. The van der Waals surface area contributed by atoms with E-state index in [4.69, 9.17) is 29.4 Å². The molecular formula is C26H40N4O7S. The molecule has 1 aromatic heterocycles. The molecule has 12 heteroatoms. The highest BCUT2D eigenvalue weighted by molar-refractivity contribution is 7.16. The lowest BCUT2D eigenvalue weighted by Crippen LogP contribution is -2.16. The average molecular weight is 553 g/mol. The van der Waals surface area contributed by atoms with Gasteiger partial charge in [0.2, 0.25) is 0 Å². The third kappa shape index (κ3) is 12.4. The van der Waals surface area contributed by atoms with Crippen molar-refractivity contribution in [2.45, 2.75) is 20.8 Å². The molecule has 0 saturated carbocycles. The summed E-state index contributed by atoms with van der Waals surface area (Å²) in [7, 11) is 0. The van der Waals surface area contributed by atoms with Crippen LogP contribution in [0.5, 0.6) is 0 Å². The molecule has 0 fully saturated rings. The van der Waals surface area contributed by atoms with Crippen LogP contribution >= 0.6 is 11.3 Å². The van der Waals surface area contributed by atoms with Crippen LogP contribution in [0.25, 0.3) is 0 Å². The molecular weight excluding hydrogens is 512 g/mol. The zero-order chi connectivity index (χ0) is 27.6. The molecule has 1 heterocycles. The molecule has 212 valence electrons. The lowest BCUT2D eigenvalue weighted by molar-refractivity contribution is -0.00985. The molecule has 11 nitrogen and oxygen atoms in total. The van der Waals surface area contributed by atoms with Gasteiger partial charge < -0.3 is 34.7 Å². The van der Waals surface area contributed by atoms with Crippen molar-refractivity contribution in [3.05, 3.63) is 39.9 Å². The molecule has 4 N–H and O–H groups in total. The van der Waals surface area contributed by atoms with Gasteiger partial charge in [-0.1, -0.05) is 0 Å². The van der Waals surface area contributed by atoms with E-state index in [9.17, 15) is 9.59 Å². The van der Waals surface area contributed by atoms with Crippen molar-refractivity contribution >= 4 is 33.8 Å². The number of hydrogen-bond acceptors (Lipinski definition) is 11. The molecule has 0 aliphatic rings. The molecule has 0 bridgehead atoms. The first-order chi connectivity index (χ1) is 18.4. The minimum absolute atomic E-state index is 0.119. The number of nitrogens with one attached hydrogen (secondary N) is 2. The summed E-state index contributed by atoms with van der Waals surface area (Å²) in [5.41, 5.74) is 7.99. The van der Waals surface area contributed by atoms with E-state index in [1.165, 1.54) is 18.3 Å². The van der Waals surface area contributed by atoms with Crippen molar-refractivity contribution in [2.24, 2.45) is 5.73 Å². The van der Waals surface area contributed by atoms with E-state index < -0.39 is 0 Å². The number of ether oxygens (including phenoxy) is 5. The number of nitrogens with zero attached hydrogens (tertiary/aromatic N) is 1. The molecule has 38 heavy (non-hydrogen) atoms. The number of aryl methyl sites for hydroxylation is 2. The summed E-state index contributed by atoms with van der Waals surface area (Å²) in [6.07, 6.45) is 0. The molecule has 0 atom stereocenters. The number of carbonyl (C=O) groups is 2. The van der Waals surface area contributed by atoms with Crippen LogP contribution in [0.3, 0.4) is 0 Å². The smallest absolute Gasteiger partial charge is 0.257 e. The number of ketones is 1. The number of Topliss-reactive ketones (excluding diaryl/α,β-unsaturated/α-hetero) is 1. The van der Waals surface area contributed by atoms with Gasteiger partial charge in [-0.2, -0.15) is 0 Å². The summed E-state index contributed by atoms with van der Waals surface area (Å²) in [6.45, 7) is 11.5. The first-order valence-corrected chi connectivity index (χ1v) is 13.5. The van der Waals surface area contributed by atoms with Crippen LogP contribution in [0, 0.1) is 13.8 Å². The third-order valence-corrected chi connectivity index (χ3v) is 6.03. The Balaban J connectivity index is 1.51. The van der Waals surface area contributed by atoms with E-state index in [0.29, 0.717) is 95.5 Å². The maximum absolute atomic E-state index is 12.7. The molecule has 2 aromatic rings. The summed E-state index contributed by atoms with van der Waals surface area (Å²) < 4.78 is 27.1. The van der Waals surface area contributed by atoms with Gasteiger partial charge in [-0.15, -0.1) is 11.3 Å². The summed E-state index contributed by atoms with van der Waals surface area (Å²) in [5, 5.41) is 6.48. The molecule has 1 amide bonds. The van der Waals surface area contributed by atoms with Gasteiger partial charge >= 0.3 is 0 Å². The van der Waals surface area contributed by atoms with Crippen LogP contribution in [0.1, 0.15) is 38.2 Å². The van der Waals surface area contributed by atoms with Crippen LogP contribution in [0.4, 0.5) is 10.8 Å². The normalized spacial score (nSPS) is 11.1. The third-order valence-electron chi connectivity index (χ3n) is 5.15. The maximum Gasteiger partial charge on any atom is 0.257 e. The molecule has 1 aromatic carbocycles. The fourth-order valence-electron chi connectivity index (χ4n) is 3.30.